The van der Waals surface area contributed by atoms with E-state index in [1.807, 2.05) is 0 Å². The van der Waals surface area contributed by atoms with E-state index in [9.17, 15) is 38.2 Å². The van der Waals surface area contributed by atoms with Crippen LogP contribution in [0.5, 0.6) is 11.5 Å². The Morgan fingerprint density at radius 2 is 1.79 bits per heavy atom. The zero-order chi connectivity index (χ0) is 21.8. The zero-order valence-corrected chi connectivity index (χ0v) is 14.9. The van der Waals surface area contributed by atoms with E-state index in [1.54, 1.807) is 0 Å². The molecule has 0 bridgehead atoms. The molecule has 2 rings (SSSR count). The number of nitro benzene ring substituents is 1. The van der Waals surface area contributed by atoms with E-state index in [0.29, 0.717) is 6.07 Å². The lowest BCUT2D eigenvalue weighted by molar-refractivity contribution is -0.482. The van der Waals surface area contributed by atoms with Crippen molar-refractivity contribution in [2.75, 3.05) is 13.2 Å². The first-order chi connectivity index (χ1) is 13.5. The molecule has 29 heavy (non-hydrogen) atoms. The molecule has 0 spiro atoms. The molecule has 0 aliphatic carbocycles. The summed E-state index contributed by atoms with van der Waals surface area (Å²) in [6, 6.07) is 5.23. The van der Waals surface area contributed by atoms with Crippen LogP contribution in [0.15, 0.2) is 36.4 Å². The fraction of sp³-hybridized carbons (Fsp3) is 0.188. The summed E-state index contributed by atoms with van der Waals surface area (Å²) in [6.07, 6.45) is -4.61. The molecule has 2 aromatic rings. The Balaban J connectivity index is 2.29. The average molecular weight is 435 g/mol. The number of carbonyl (C=O) groups excluding carboxylic acids is 1. The molecule has 154 valence electrons. The highest BCUT2D eigenvalue weighted by atomic mass is 35.5. The van der Waals surface area contributed by atoms with Crippen LogP contribution in [0.3, 0.4) is 0 Å². The minimum Gasteiger partial charge on any atom is -0.456 e. The van der Waals surface area contributed by atoms with E-state index in [4.69, 9.17) is 16.3 Å². The monoisotopic (exact) mass is 434 g/mol. The van der Waals surface area contributed by atoms with E-state index in [0.717, 1.165) is 30.3 Å². The fourth-order valence-electron chi connectivity index (χ4n) is 2.08. The van der Waals surface area contributed by atoms with Crippen LogP contribution in [0, 0.1) is 20.2 Å². The number of hydrogen-bond donors (Lipinski definition) is 0. The molecule has 13 heteroatoms. The lowest BCUT2D eigenvalue weighted by Gasteiger charge is -2.12. The third kappa shape index (κ3) is 5.78. The highest BCUT2D eigenvalue weighted by molar-refractivity contribution is 6.32. The summed E-state index contributed by atoms with van der Waals surface area (Å²) in [6.45, 7) is -1.31. The number of esters is 1. The fourth-order valence-corrected chi connectivity index (χ4v) is 2.30. The first-order valence-electron chi connectivity index (χ1n) is 7.61. The van der Waals surface area contributed by atoms with Crippen molar-refractivity contribution in [2.45, 2.75) is 6.18 Å². The van der Waals surface area contributed by atoms with Crippen LogP contribution < -0.4 is 4.74 Å². The third-order valence-electron chi connectivity index (χ3n) is 3.38. The van der Waals surface area contributed by atoms with Crippen molar-refractivity contribution in [3.63, 3.8) is 0 Å². The van der Waals surface area contributed by atoms with E-state index in [2.05, 4.69) is 4.74 Å². The van der Waals surface area contributed by atoms with Crippen molar-refractivity contribution in [3.8, 4) is 11.5 Å². The molecule has 0 amide bonds. The van der Waals surface area contributed by atoms with Gasteiger partial charge in [-0.2, -0.15) is 13.2 Å². The maximum absolute atomic E-state index is 12.7. The van der Waals surface area contributed by atoms with Gasteiger partial charge in [0.1, 0.15) is 17.1 Å². The molecule has 0 aliphatic rings. The largest absolute Gasteiger partial charge is 0.456 e. The van der Waals surface area contributed by atoms with Crippen LogP contribution in [0.25, 0.3) is 0 Å². The van der Waals surface area contributed by atoms with E-state index in [-0.39, 0.29) is 16.5 Å². The van der Waals surface area contributed by atoms with Gasteiger partial charge in [0.2, 0.25) is 6.54 Å². The summed E-state index contributed by atoms with van der Waals surface area (Å²) in [4.78, 5) is 31.8. The molecular weight excluding hydrogens is 425 g/mol. The molecule has 2 aromatic carbocycles. The van der Waals surface area contributed by atoms with E-state index < -0.39 is 52.0 Å². The Bertz CT molecular complexity index is 966. The number of halogens is 4. The van der Waals surface area contributed by atoms with Gasteiger partial charge in [-0.05, 0) is 24.3 Å². The van der Waals surface area contributed by atoms with Crippen molar-refractivity contribution in [3.05, 3.63) is 72.8 Å². The Hall–Kier alpha value is -3.41. The van der Waals surface area contributed by atoms with E-state index >= 15 is 0 Å². The number of nitrogens with zero attached hydrogens (tertiary/aromatic N) is 2. The van der Waals surface area contributed by atoms with Gasteiger partial charge in [0.15, 0.2) is 6.61 Å². The van der Waals surface area contributed by atoms with Gasteiger partial charge in [-0.25, -0.2) is 4.79 Å². The summed E-state index contributed by atoms with van der Waals surface area (Å²) in [7, 11) is 0. The Kier molecular flexibility index (Phi) is 6.59. The first-order valence-corrected chi connectivity index (χ1v) is 7.99. The quantitative estimate of drug-likeness (QED) is 0.357. The van der Waals surface area contributed by atoms with Gasteiger partial charge in [-0.3, -0.25) is 20.2 Å². The van der Waals surface area contributed by atoms with Crippen LogP contribution >= 0.6 is 11.6 Å². The lowest BCUT2D eigenvalue weighted by atomic mass is 10.1. The number of ether oxygens (including phenoxy) is 2. The summed E-state index contributed by atoms with van der Waals surface area (Å²) in [5, 5.41) is 21.0. The predicted molar refractivity (Wildman–Crippen MR) is 91.8 cm³/mol. The van der Waals surface area contributed by atoms with Crippen molar-refractivity contribution in [1.29, 1.82) is 0 Å². The molecule has 0 saturated carbocycles. The third-order valence-corrected chi connectivity index (χ3v) is 3.67. The molecule has 0 N–H and O–H groups in total. The number of carbonyl (C=O) groups is 1. The predicted octanol–water partition coefficient (Wildman–Crippen LogP) is 4.49. The maximum atomic E-state index is 12.7. The molecule has 9 nitrogen and oxygen atoms in total. The molecule has 0 saturated heterocycles. The Labute approximate surface area is 164 Å². The van der Waals surface area contributed by atoms with E-state index in [1.165, 1.54) is 0 Å². The molecule has 0 aliphatic heterocycles. The number of alkyl halides is 3. The molecule has 0 radical (unpaired) electrons. The number of benzene rings is 2. The molecule has 0 atom stereocenters. The number of hydrogen-bond acceptors (Lipinski definition) is 7. The summed E-state index contributed by atoms with van der Waals surface area (Å²) in [5.41, 5.74) is -2.21. The highest BCUT2D eigenvalue weighted by Crippen LogP contribution is 2.37. The average Bonchev–Trinajstić information content (AvgIpc) is 2.61. The van der Waals surface area contributed by atoms with Crippen molar-refractivity contribution in [1.82, 2.24) is 0 Å². The molecule has 0 fully saturated rings. The zero-order valence-electron chi connectivity index (χ0n) is 14.1. The first kappa shape index (κ1) is 21.9. The number of nitro groups is 2. The van der Waals surface area contributed by atoms with Crippen LogP contribution in [0.4, 0.5) is 18.9 Å². The standard InChI is InChI=1S/C16H10ClF3N2O7/c17-12-7-9(16(18,19)20)1-4-14(12)29-10-2-3-13(22(26)27)11(8-10)15(23)28-6-5-21(24)25/h1-4,7-8H,5-6H2. The minimum atomic E-state index is -4.61. The van der Waals surface area contributed by atoms with Crippen molar-refractivity contribution in [2.24, 2.45) is 0 Å². The van der Waals surface area contributed by atoms with Gasteiger partial charge < -0.3 is 9.47 Å². The van der Waals surface area contributed by atoms with Crippen molar-refractivity contribution < 1.29 is 37.3 Å². The van der Waals surface area contributed by atoms with Gasteiger partial charge in [0, 0.05) is 17.1 Å². The second-order valence-corrected chi connectivity index (χ2v) is 5.78. The molecule has 0 aromatic heterocycles. The van der Waals surface area contributed by atoms with Gasteiger partial charge in [-0.15, -0.1) is 0 Å². The normalized spacial score (nSPS) is 11.0. The van der Waals surface area contributed by atoms with Crippen LogP contribution in [0.1, 0.15) is 15.9 Å². The second-order valence-electron chi connectivity index (χ2n) is 5.37. The molecule has 0 unspecified atom stereocenters. The SMILES string of the molecule is O=C(OCC[N+](=O)[O-])c1cc(Oc2ccc(C(F)(F)F)cc2Cl)ccc1[N+](=O)[O-]. The summed E-state index contributed by atoms with van der Waals surface area (Å²) in [5.74, 6) is -1.55. The molecular formula is C16H10ClF3N2O7. The number of rotatable bonds is 7. The molecule has 0 heterocycles. The maximum Gasteiger partial charge on any atom is 0.416 e. The van der Waals surface area contributed by atoms with Crippen LogP contribution in [0.2, 0.25) is 5.02 Å². The van der Waals surface area contributed by atoms with Gasteiger partial charge >= 0.3 is 12.1 Å². The lowest BCUT2D eigenvalue weighted by Crippen LogP contribution is -2.15. The topological polar surface area (TPSA) is 122 Å². The van der Waals surface area contributed by atoms with Crippen molar-refractivity contribution >= 4 is 23.3 Å². The Morgan fingerprint density at radius 3 is 2.34 bits per heavy atom. The highest BCUT2D eigenvalue weighted by Gasteiger charge is 2.31. The smallest absolute Gasteiger partial charge is 0.416 e. The van der Waals surface area contributed by atoms with Gasteiger partial charge in [-0.1, -0.05) is 11.6 Å². The minimum absolute atomic E-state index is 0.154. The van der Waals surface area contributed by atoms with Crippen LogP contribution in [-0.4, -0.2) is 29.0 Å². The van der Waals surface area contributed by atoms with Gasteiger partial charge in [0.25, 0.3) is 5.69 Å². The second kappa shape index (κ2) is 8.73. The summed E-state index contributed by atoms with van der Waals surface area (Å²) >= 11 is 5.78. The van der Waals surface area contributed by atoms with Gasteiger partial charge in [0.05, 0.1) is 15.5 Å². The Morgan fingerprint density at radius 1 is 1.10 bits per heavy atom. The van der Waals surface area contributed by atoms with Crippen LogP contribution in [-0.2, 0) is 10.9 Å². The summed E-state index contributed by atoms with van der Waals surface area (Å²) < 4.78 is 48.0.